The molecule has 8 heteroatoms. The van der Waals surface area contributed by atoms with E-state index in [1.807, 2.05) is 0 Å². The van der Waals surface area contributed by atoms with Crippen molar-refractivity contribution in [3.8, 4) is 0 Å². The predicted molar refractivity (Wildman–Crippen MR) is 81.7 cm³/mol. The molecule has 0 bridgehead atoms. The molecule has 1 aromatic heterocycles. The predicted octanol–water partition coefficient (Wildman–Crippen LogP) is 2.33. The third-order valence-corrected chi connectivity index (χ3v) is 3.86. The van der Waals surface area contributed by atoms with E-state index in [0.717, 1.165) is 0 Å². The molecular weight excluding hydrogens is 364 g/mol. The number of hydrogen-bond acceptors (Lipinski definition) is 4. The molecule has 6 nitrogen and oxygen atoms in total. The molecule has 0 aliphatic carbocycles. The first kappa shape index (κ1) is 17.7. The Morgan fingerprint density at radius 2 is 1.81 bits per heavy atom. The van der Waals surface area contributed by atoms with Crippen LogP contribution in [0.25, 0.3) is 0 Å². The van der Waals surface area contributed by atoms with Gasteiger partial charge in [0.1, 0.15) is 5.69 Å². The van der Waals surface area contributed by atoms with E-state index in [2.05, 4.69) is 26.0 Å². The largest absolute Gasteiger partial charge is 0.464 e. The zero-order valence-electron chi connectivity index (χ0n) is 12.3. The van der Waals surface area contributed by atoms with Crippen molar-refractivity contribution >= 4 is 45.2 Å². The van der Waals surface area contributed by atoms with Crippen LogP contribution in [-0.2, 0) is 16.6 Å². The summed E-state index contributed by atoms with van der Waals surface area (Å²) in [5, 5.41) is 2.43. The third kappa shape index (κ3) is 3.65. The number of nitrogens with zero attached hydrogens (tertiary/aromatic N) is 1. The van der Waals surface area contributed by atoms with Gasteiger partial charge in [0.05, 0.1) is 22.3 Å². The van der Waals surface area contributed by atoms with E-state index in [-0.39, 0.29) is 20.9 Å². The van der Waals surface area contributed by atoms with Gasteiger partial charge in [-0.15, -0.1) is 0 Å². The molecule has 0 aromatic carbocycles. The number of aromatic nitrogens is 1. The molecule has 0 saturated heterocycles. The fraction of sp³-hybridized carbons (Fsp3) is 0.462. The van der Waals surface area contributed by atoms with Crippen molar-refractivity contribution in [2.45, 2.75) is 26.3 Å². The molecule has 0 saturated carbocycles. The second-order valence-electron chi connectivity index (χ2n) is 5.41. The summed E-state index contributed by atoms with van der Waals surface area (Å²) in [6, 6.07) is 0. The molecule has 1 heterocycles. The highest BCUT2D eigenvalue weighted by Gasteiger charge is 2.32. The fourth-order valence-corrected chi connectivity index (χ4v) is 2.70. The Kier molecular flexibility index (Phi) is 5.22. The van der Waals surface area contributed by atoms with E-state index in [1.165, 1.54) is 18.7 Å². The highest BCUT2D eigenvalue weighted by Crippen LogP contribution is 2.32. The van der Waals surface area contributed by atoms with Crippen molar-refractivity contribution < 1.29 is 19.1 Å². The van der Waals surface area contributed by atoms with Gasteiger partial charge < -0.3 is 14.6 Å². The summed E-state index contributed by atoms with van der Waals surface area (Å²) in [6.45, 7) is 5.25. The number of Topliss-reactive ketones (excluding diaryl/α,β-unsaturated/α-hetero) is 1. The molecule has 116 valence electrons. The van der Waals surface area contributed by atoms with E-state index in [9.17, 15) is 14.4 Å². The van der Waals surface area contributed by atoms with Crippen molar-refractivity contribution in [2.24, 2.45) is 7.05 Å². The summed E-state index contributed by atoms with van der Waals surface area (Å²) in [5.74, 6) is -2.32. The van der Waals surface area contributed by atoms with Gasteiger partial charge in [-0.3, -0.25) is 9.59 Å². The molecular formula is C13H16BrClN2O4. The number of ether oxygens (including phenoxy) is 1. The van der Waals surface area contributed by atoms with Gasteiger partial charge in [-0.1, -0.05) is 11.6 Å². The maximum absolute atomic E-state index is 12.2. The number of amides is 1. The van der Waals surface area contributed by atoms with Gasteiger partial charge in [0, 0.05) is 12.6 Å². The molecule has 1 rings (SSSR count). The first-order valence-electron chi connectivity index (χ1n) is 6.00. The van der Waals surface area contributed by atoms with Crippen LogP contribution in [0.15, 0.2) is 4.60 Å². The van der Waals surface area contributed by atoms with Crippen LogP contribution in [0.5, 0.6) is 0 Å². The number of esters is 1. The summed E-state index contributed by atoms with van der Waals surface area (Å²) >= 11 is 9.23. The van der Waals surface area contributed by atoms with E-state index >= 15 is 0 Å². The molecule has 0 aliphatic rings. The molecule has 0 atom stereocenters. The molecule has 0 unspecified atom stereocenters. The van der Waals surface area contributed by atoms with Crippen LogP contribution in [0, 0.1) is 0 Å². The van der Waals surface area contributed by atoms with Gasteiger partial charge in [-0.2, -0.15) is 0 Å². The topological polar surface area (TPSA) is 77.4 Å². The normalized spacial score (nSPS) is 11.2. The zero-order chi connectivity index (χ0) is 16.5. The van der Waals surface area contributed by atoms with Gasteiger partial charge in [0.2, 0.25) is 0 Å². The highest BCUT2D eigenvalue weighted by atomic mass is 79.9. The SMILES string of the molecule is COC(=O)c1c(Cl)c(C(=O)C(=O)NC(C)(C)C)c(Br)n1C. The number of carbonyl (C=O) groups is 3. The van der Waals surface area contributed by atoms with Crippen molar-refractivity contribution in [1.82, 2.24) is 9.88 Å². The van der Waals surface area contributed by atoms with Crippen molar-refractivity contribution in [3.05, 3.63) is 20.9 Å². The van der Waals surface area contributed by atoms with Gasteiger partial charge in [0.15, 0.2) is 0 Å². The Bertz CT molecular complexity index is 617. The van der Waals surface area contributed by atoms with Crippen LogP contribution < -0.4 is 5.32 Å². The standard InChI is InChI=1S/C13H16BrClN2O4/c1-13(2,3)16-11(19)9(18)6-7(15)8(12(20)21-5)17(4)10(6)14/h1-5H3,(H,16,19). The number of carbonyl (C=O) groups excluding carboxylic acids is 3. The molecule has 21 heavy (non-hydrogen) atoms. The molecule has 1 amide bonds. The van der Waals surface area contributed by atoms with Gasteiger partial charge in [-0.05, 0) is 36.7 Å². The van der Waals surface area contributed by atoms with Crippen LogP contribution in [0.4, 0.5) is 0 Å². The first-order valence-corrected chi connectivity index (χ1v) is 7.17. The number of hydrogen-bond donors (Lipinski definition) is 1. The average Bonchev–Trinajstić information content (AvgIpc) is 2.57. The summed E-state index contributed by atoms with van der Waals surface area (Å²) < 4.78 is 6.20. The van der Waals surface area contributed by atoms with Gasteiger partial charge in [0.25, 0.3) is 11.7 Å². The Morgan fingerprint density at radius 3 is 2.24 bits per heavy atom. The Morgan fingerprint density at radius 1 is 1.29 bits per heavy atom. The third-order valence-electron chi connectivity index (χ3n) is 2.56. The number of ketones is 1. The monoisotopic (exact) mass is 378 g/mol. The summed E-state index contributed by atoms with van der Waals surface area (Å²) in [6.07, 6.45) is 0. The lowest BCUT2D eigenvalue weighted by atomic mass is 10.1. The number of halogens is 2. The second kappa shape index (κ2) is 6.19. The lowest BCUT2D eigenvalue weighted by molar-refractivity contribution is -0.118. The fourth-order valence-electron chi connectivity index (χ4n) is 1.65. The summed E-state index contributed by atoms with van der Waals surface area (Å²) in [7, 11) is 2.73. The Hall–Kier alpha value is -1.34. The lowest BCUT2D eigenvalue weighted by Crippen LogP contribution is -2.44. The quantitative estimate of drug-likeness (QED) is 0.497. The summed E-state index contributed by atoms with van der Waals surface area (Å²) in [4.78, 5) is 35.9. The van der Waals surface area contributed by atoms with Crippen LogP contribution in [-0.4, -0.2) is 34.9 Å². The van der Waals surface area contributed by atoms with Crippen LogP contribution >= 0.6 is 27.5 Å². The van der Waals surface area contributed by atoms with E-state index in [4.69, 9.17) is 11.6 Å². The number of nitrogens with one attached hydrogen (secondary N) is 1. The van der Waals surface area contributed by atoms with E-state index in [0.29, 0.717) is 0 Å². The molecule has 0 aliphatic heterocycles. The first-order chi connectivity index (χ1) is 9.51. The number of rotatable bonds is 3. The molecule has 0 fully saturated rings. The lowest BCUT2D eigenvalue weighted by Gasteiger charge is -2.19. The maximum atomic E-state index is 12.2. The van der Waals surface area contributed by atoms with E-state index in [1.54, 1.807) is 20.8 Å². The van der Waals surface area contributed by atoms with E-state index < -0.39 is 23.2 Å². The smallest absolute Gasteiger partial charge is 0.356 e. The van der Waals surface area contributed by atoms with Gasteiger partial charge >= 0.3 is 5.97 Å². The average molecular weight is 380 g/mol. The second-order valence-corrected chi connectivity index (χ2v) is 6.54. The molecule has 0 radical (unpaired) electrons. The van der Waals surface area contributed by atoms with Crippen LogP contribution in [0.1, 0.15) is 41.6 Å². The zero-order valence-corrected chi connectivity index (χ0v) is 14.7. The Balaban J connectivity index is 3.29. The molecule has 1 aromatic rings. The summed E-state index contributed by atoms with van der Waals surface area (Å²) in [5.41, 5.74) is -0.634. The Labute approximate surface area is 135 Å². The minimum Gasteiger partial charge on any atom is -0.464 e. The van der Waals surface area contributed by atoms with Crippen LogP contribution in [0.2, 0.25) is 5.02 Å². The minimum absolute atomic E-state index is 0.00190. The van der Waals surface area contributed by atoms with Crippen molar-refractivity contribution in [1.29, 1.82) is 0 Å². The van der Waals surface area contributed by atoms with Crippen molar-refractivity contribution in [3.63, 3.8) is 0 Å². The molecule has 1 N–H and O–H groups in total. The van der Waals surface area contributed by atoms with Crippen molar-refractivity contribution in [2.75, 3.05) is 7.11 Å². The maximum Gasteiger partial charge on any atom is 0.356 e. The number of methoxy groups -OCH3 is 1. The van der Waals surface area contributed by atoms with Gasteiger partial charge in [-0.25, -0.2) is 4.79 Å². The minimum atomic E-state index is -0.826. The highest BCUT2D eigenvalue weighted by molar-refractivity contribution is 9.10. The van der Waals surface area contributed by atoms with Crippen LogP contribution in [0.3, 0.4) is 0 Å². The molecule has 0 spiro atoms.